The number of nitrogens with two attached hydrogens (primary N) is 5. The summed E-state index contributed by atoms with van der Waals surface area (Å²) in [5.41, 5.74) is 36.0. The Bertz CT molecular complexity index is 3970. The molecule has 5 heterocycles. The predicted molar refractivity (Wildman–Crippen MR) is 433 cm³/mol. The fourth-order valence-electron chi connectivity index (χ4n) is 14.0. The van der Waals surface area contributed by atoms with E-state index in [1.807, 2.05) is 27.7 Å². The number of aryl methyl sites for hydroxylation is 3. The van der Waals surface area contributed by atoms with Gasteiger partial charge in [-0.15, -0.1) is 56.7 Å². The number of fused-ring (bicyclic) bond motifs is 5. The molecule has 29 heteroatoms. The molecule has 3 atom stereocenters. The molecule has 24 nitrogen and oxygen atoms in total. The standard InChI is InChI=1S/C17H27N3O2S.C17H24N2O2S.C15H23N3O2S.2C14H21N3O2S/c1-9(2)19-16(22)20-15-13(14(18)21)11-7-6-10(17(3,4)5)8-12(11)23-15;1-17(2,3)10-6-7-11-12(8-10)22-16(13(11)14(18)20)19-15(21)9-4-5-9;1-3-4-8-17-15(20)18-14-12(13(16)19)11-9(2)6-5-7-10(11)21-14;1-8(2)16-14(19)17-13-11(12(15)18)9-6-4-3-5-7-10(9)20-13;1-2-3-8-16-14(19)17-13-11(12(15)18)9-6-4-5-7-10(9)20-13/h9-10H,6-8H2,1-5H3,(H2,18,21)(H2,19,20,22);9-10H,4-8H2,1-3H3,(H2,18,20)(H,19,21);9H,3-8H2,1-2H3,(H2,16,19)(H2,17,18,20);8H,3-7H2,1-2H3,(H2,15,18)(H2,16,17,19);2-8H2,1H3,(H2,15,18)(H2,16,17,19). The highest BCUT2D eigenvalue weighted by molar-refractivity contribution is 7.18. The van der Waals surface area contributed by atoms with Crippen LogP contribution in [0.2, 0.25) is 0 Å². The molecule has 14 amide bonds. The molecule has 6 aliphatic rings. The van der Waals surface area contributed by atoms with Crippen molar-refractivity contribution in [1.29, 1.82) is 0 Å². The van der Waals surface area contributed by atoms with Gasteiger partial charge in [-0.3, -0.25) is 50.0 Å². The van der Waals surface area contributed by atoms with Crippen molar-refractivity contribution in [3.05, 3.63) is 80.0 Å². The van der Waals surface area contributed by atoms with Crippen LogP contribution in [0.3, 0.4) is 0 Å². The van der Waals surface area contributed by atoms with Gasteiger partial charge in [0.25, 0.3) is 29.5 Å². The molecule has 0 aromatic carbocycles. The molecule has 0 saturated heterocycles. The highest BCUT2D eigenvalue weighted by atomic mass is 32.1. The molecule has 19 N–H and O–H groups in total. The Morgan fingerprint density at radius 3 is 1.10 bits per heavy atom. The molecule has 584 valence electrons. The molecule has 0 bridgehead atoms. The molecule has 106 heavy (non-hydrogen) atoms. The summed E-state index contributed by atoms with van der Waals surface area (Å²) in [4.78, 5) is 124. The van der Waals surface area contributed by atoms with E-state index in [0.717, 1.165) is 175 Å². The number of hydrogen-bond donors (Lipinski definition) is 14. The highest BCUT2D eigenvalue weighted by Gasteiger charge is 2.38. The van der Waals surface area contributed by atoms with Crippen molar-refractivity contribution >= 4 is 141 Å². The van der Waals surface area contributed by atoms with Gasteiger partial charge in [-0.2, -0.15) is 0 Å². The number of unbranched alkanes of at least 4 members (excludes halogenated alkanes) is 2. The van der Waals surface area contributed by atoms with Crippen LogP contribution in [0.5, 0.6) is 0 Å². The second-order valence-corrected chi connectivity index (χ2v) is 36.7. The van der Waals surface area contributed by atoms with Gasteiger partial charge in [-0.1, -0.05) is 81.6 Å². The maximum Gasteiger partial charge on any atom is 0.320 e. The Hall–Kier alpha value is -7.60. The van der Waals surface area contributed by atoms with Gasteiger partial charge in [-0.05, 0) is 219 Å². The fraction of sp³-hybridized carbons (Fsp3) is 0.610. The Morgan fingerprint density at radius 1 is 0.396 bits per heavy atom. The van der Waals surface area contributed by atoms with E-state index >= 15 is 0 Å². The smallest absolute Gasteiger partial charge is 0.320 e. The fourth-order valence-corrected chi connectivity index (χ4v) is 20.6. The average Bonchev–Trinajstić information content (AvgIpc) is 1.64. The lowest BCUT2D eigenvalue weighted by Crippen LogP contribution is -2.34. The van der Waals surface area contributed by atoms with Crippen molar-refractivity contribution in [1.82, 2.24) is 21.3 Å². The Balaban J connectivity index is 0.000000185. The van der Waals surface area contributed by atoms with Crippen molar-refractivity contribution in [2.45, 2.75) is 262 Å². The summed E-state index contributed by atoms with van der Waals surface area (Å²) < 4.78 is 0. The Labute approximate surface area is 645 Å². The van der Waals surface area contributed by atoms with E-state index in [2.05, 4.69) is 110 Å². The molecule has 0 aliphatic heterocycles. The normalized spacial score (nSPS) is 17.0. The molecule has 6 aliphatic carbocycles. The van der Waals surface area contributed by atoms with Crippen LogP contribution in [0.4, 0.5) is 44.2 Å². The topological polar surface area (TPSA) is 409 Å². The van der Waals surface area contributed by atoms with Gasteiger partial charge in [0.05, 0.1) is 27.8 Å². The van der Waals surface area contributed by atoms with Crippen LogP contribution in [-0.2, 0) is 62.6 Å². The molecule has 0 spiro atoms. The van der Waals surface area contributed by atoms with Gasteiger partial charge in [0.15, 0.2) is 0 Å². The first kappa shape index (κ1) is 85.6. The minimum absolute atomic E-state index is 0.0342. The maximum absolute atomic E-state index is 12.0. The van der Waals surface area contributed by atoms with Crippen LogP contribution in [-0.4, -0.2) is 84.7 Å². The van der Waals surface area contributed by atoms with Crippen LogP contribution in [0, 0.1) is 28.6 Å². The van der Waals surface area contributed by atoms with E-state index in [0.29, 0.717) is 83.7 Å². The molecule has 0 radical (unpaired) electrons. The summed E-state index contributed by atoms with van der Waals surface area (Å²) in [6.07, 6.45) is 24.0. The van der Waals surface area contributed by atoms with Gasteiger partial charge in [-0.25, -0.2) is 19.2 Å². The first-order valence-corrected chi connectivity index (χ1v) is 41.9. The van der Waals surface area contributed by atoms with Crippen molar-refractivity contribution < 1.29 is 47.9 Å². The van der Waals surface area contributed by atoms with Crippen molar-refractivity contribution in [2.75, 3.05) is 39.7 Å². The molecular weight excluding hydrogens is 1440 g/mol. The second-order valence-electron chi connectivity index (χ2n) is 31.2. The summed E-state index contributed by atoms with van der Waals surface area (Å²) in [6, 6.07) is -1.04. The number of hydrogen-bond acceptors (Lipinski definition) is 15. The van der Waals surface area contributed by atoms with Crippen LogP contribution >= 0.6 is 56.7 Å². The first-order chi connectivity index (χ1) is 50.0. The zero-order chi connectivity index (χ0) is 78.1. The zero-order valence-electron chi connectivity index (χ0n) is 64.4. The molecular formula is C77H116N14O10S5. The lowest BCUT2D eigenvalue weighted by molar-refractivity contribution is -0.117. The quantitative estimate of drug-likeness (QED) is 0.0274. The molecule has 5 aromatic heterocycles. The zero-order valence-corrected chi connectivity index (χ0v) is 68.4. The SMILES string of the molecule is CC(C)(C)C1CCc2c(sc(NC(=O)C3CC3)c2C(N)=O)C1.CC(C)NC(=O)Nc1sc2c(c1C(N)=O)CCC(C(C)(C)C)C2.CC(C)NC(=O)Nc1sc2c(c1C(N)=O)CCCCC2.CCCCNC(=O)Nc1sc2c(c1C(N)=O)C(C)CCC2.CCCCNC(=O)Nc1sc2c(c1C(N)=O)CCCC2. The number of primary amides is 5. The van der Waals surface area contributed by atoms with Gasteiger partial charge in [0.1, 0.15) is 25.0 Å². The van der Waals surface area contributed by atoms with E-state index in [1.165, 1.54) is 76.2 Å². The summed E-state index contributed by atoms with van der Waals surface area (Å²) in [7, 11) is 0. The Morgan fingerprint density at radius 2 is 0.726 bits per heavy atom. The number of anilines is 5. The lowest BCUT2D eigenvalue weighted by Gasteiger charge is -2.33. The summed E-state index contributed by atoms with van der Waals surface area (Å²) in [6.45, 7) is 28.6. The van der Waals surface area contributed by atoms with Crippen LogP contribution in [0.1, 0.15) is 296 Å². The third kappa shape index (κ3) is 23.7. The van der Waals surface area contributed by atoms with Gasteiger partial charge < -0.3 is 55.3 Å². The Kier molecular flexibility index (Phi) is 31.5. The number of urea groups is 4. The van der Waals surface area contributed by atoms with Crippen LogP contribution < -0.4 is 76.5 Å². The number of carbonyl (C=O) groups excluding carboxylic acids is 10. The van der Waals surface area contributed by atoms with Gasteiger partial charge >= 0.3 is 24.1 Å². The first-order valence-electron chi connectivity index (χ1n) is 37.8. The number of amides is 14. The lowest BCUT2D eigenvalue weighted by atomic mass is 9.72. The summed E-state index contributed by atoms with van der Waals surface area (Å²) in [5, 5.41) is 28.2. The molecule has 11 rings (SSSR count). The van der Waals surface area contributed by atoms with E-state index in [4.69, 9.17) is 28.7 Å². The van der Waals surface area contributed by atoms with Gasteiger partial charge in [0.2, 0.25) is 5.91 Å². The monoisotopic (exact) mass is 1560 g/mol. The largest absolute Gasteiger partial charge is 0.365 e. The number of carbonyl (C=O) groups is 10. The van der Waals surface area contributed by atoms with Crippen LogP contribution in [0.15, 0.2) is 0 Å². The third-order valence-electron chi connectivity index (χ3n) is 19.9. The van der Waals surface area contributed by atoms with Crippen molar-refractivity contribution in [2.24, 2.45) is 57.3 Å². The number of rotatable bonds is 19. The third-order valence-corrected chi connectivity index (χ3v) is 25.9. The summed E-state index contributed by atoms with van der Waals surface area (Å²) in [5.74, 6) is -0.572. The second kappa shape index (κ2) is 39.0. The minimum atomic E-state index is -0.462. The molecule has 1 saturated carbocycles. The maximum atomic E-state index is 12.0. The van der Waals surface area contributed by atoms with E-state index in [-0.39, 0.29) is 58.9 Å². The van der Waals surface area contributed by atoms with Gasteiger partial charge in [0, 0.05) is 55.5 Å². The predicted octanol–water partition coefficient (Wildman–Crippen LogP) is 15.4. The number of thiophene rings is 5. The number of nitrogens with one attached hydrogen (secondary N) is 9. The average molecular weight is 1560 g/mol. The van der Waals surface area contributed by atoms with Crippen molar-refractivity contribution in [3.63, 3.8) is 0 Å². The highest BCUT2D eigenvalue weighted by Crippen LogP contribution is 2.48. The van der Waals surface area contributed by atoms with E-state index in [1.54, 1.807) is 11.3 Å². The van der Waals surface area contributed by atoms with E-state index < -0.39 is 29.5 Å². The van der Waals surface area contributed by atoms with Crippen LogP contribution in [0.25, 0.3) is 0 Å². The van der Waals surface area contributed by atoms with Crippen molar-refractivity contribution in [3.8, 4) is 0 Å². The molecule has 1 fully saturated rings. The molecule has 3 unspecified atom stereocenters. The minimum Gasteiger partial charge on any atom is -0.365 e. The summed E-state index contributed by atoms with van der Waals surface area (Å²) >= 11 is 7.50. The molecule has 5 aromatic rings. The van der Waals surface area contributed by atoms with E-state index in [9.17, 15) is 47.9 Å².